The van der Waals surface area contributed by atoms with Gasteiger partial charge in [-0.3, -0.25) is 4.79 Å². The molecule has 0 spiro atoms. The van der Waals surface area contributed by atoms with Gasteiger partial charge in [0.25, 0.3) is 0 Å². The lowest BCUT2D eigenvalue weighted by molar-refractivity contribution is 0.0806. The summed E-state index contributed by atoms with van der Waals surface area (Å²) in [6.07, 6.45) is 4.63. The number of allylic oxidation sites excluding steroid dienone is 1. The topological polar surface area (TPSA) is 66.8 Å². The number of fused-ring (bicyclic) bond motifs is 1. The van der Waals surface area contributed by atoms with Crippen LogP contribution in [0.15, 0.2) is 42.5 Å². The van der Waals surface area contributed by atoms with Gasteiger partial charge in [-0.2, -0.15) is 0 Å². The molecule has 4 heteroatoms. The van der Waals surface area contributed by atoms with Crippen LogP contribution in [0.4, 0.5) is 0 Å². The first kappa shape index (κ1) is 16.1. The van der Waals surface area contributed by atoms with Crippen molar-refractivity contribution in [3.63, 3.8) is 0 Å². The normalized spacial score (nSPS) is 15.8. The van der Waals surface area contributed by atoms with Crippen LogP contribution < -0.4 is 4.74 Å². The predicted molar refractivity (Wildman–Crippen MR) is 92.6 cm³/mol. The molecule has 0 fully saturated rings. The van der Waals surface area contributed by atoms with Crippen LogP contribution in [0.25, 0.3) is 6.08 Å². The van der Waals surface area contributed by atoms with Gasteiger partial charge < -0.3 is 14.9 Å². The van der Waals surface area contributed by atoms with Crippen molar-refractivity contribution in [1.29, 1.82) is 0 Å². The number of benzene rings is 2. The molecule has 1 aliphatic rings. The second-order valence-electron chi connectivity index (χ2n) is 6.59. The van der Waals surface area contributed by atoms with Crippen LogP contribution in [-0.2, 0) is 6.42 Å². The van der Waals surface area contributed by atoms with Crippen molar-refractivity contribution >= 4 is 11.9 Å². The number of ether oxygens (including phenoxy) is 1. The van der Waals surface area contributed by atoms with Crippen molar-refractivity contribution in [1.82, 2.24) is 0 Å². The average Bonchev–Trinajstić information content (AvgIpc) is 2.53. The molecular weight excluding hydrogens is 304 g/mol. The number of carbonyl (C=O) groups excluding carboxylic acids is 1. The van der Waals surface area contributed by atoms with Crippen LogP contribution in [-0.4, -0.2) is 21.6 Å². The number of carbonyl (C=O) groups is 1. The number of aromatic hydroxyl groups is 2. The highest BCUT2D eigenvalue weighted by atomic mass is 16.5. The number of rotatable bonds is 3. The smallest absolute Gasteiger partial charge is 0.189 e. The van der Waals surface area contributed by atoms with Gasteiger partial charge in [-0.15, -0.1) is 0 Å². The van der Waals surface area contributed by atoms with Crippen molar-refractivity contribution < 1.29 is 19.7 Å². The van der Waals surface area contributed by atoms with Crippen LogP contribution >= 0.6 is 0 Å². The first-order chi connectivity index (χ1) is 11.4. The largest absolute Gasteiger partial charge is 0.508 e. The number of hydrogen-bond donors (Lipinski definition) is 2. The molecule has 2 aromatic carbocycles. The fourth-order valence-electron chi connectivity index (χ4n) is 2.77. The van der Waals surface area contributed by atoms with E-state index in [0.29, 0.717) is 23.3 Å². The molecule has 2 N–H and O–H groups in total. The minimum atomic E-state index is -0.365. The standard InChI is InChI=1S/C20H20O4/c1-20(2)12-11-16-18(23)10-8-15(19(16)24-20)17(22)9-5-13-3-6-14(21)7-4-13/h3-10,21,23H,11-12H2,1-2H3/b9-5+. The van der Waals surface area contributed by atoms with E-state index in [2.05, 4.69) is 0 Å². The molecule has 24 heavy (non-hydrogen) atoms. The third kappa shape index (κ3) is 3.27. The van der Waals surface area contributed by atoms with Crippen molar-refractivity contribution in [2.45, 2.75) is 32.3 Å². The highest BCUT2D eigenvalue weighted by Gasteiger charge is 2.31. The van der Waals surface area contributed by atoms with E-state index in [1.807, 2.05) is 13.8 Å². The summed E-state index contributed by atoms with van der Waals surface area (Å²) >= 11 is 0. The fraction of sp³-hybridized carbons (Fsp3) is 0.250. The third-order valence-electron chi connectivity index (χ3n) is 4.18. The van der Waals surface area contributed by atoms with Gasteiger partial charge in [-0.05, 0) is 62.6 Å². The highest BCUT2D eigenvalue weighted by molar-refractivity contribution is 6.09. The second-order valence-corrected chi connectivity index (χ2v) is 6.59. The zero-order chi connectivity index (χ0) is 17.3. The van der Waals surface area contributed by atoms with E-state index in [1.165, 1.54) is 6.08 Å². The first-order valence-corrected chi connectivity index (χ1v) is 7.91. The number of phenols is 2. The van der Waals surface area contributed by atoms with Gasteiger partial charge in [-0.1, -0.05) is 18.2 Å². The minimum Gasteiger partial charge on any atom is -0.508 e. The summed E-state index contributed by atoms with van der Waals surface area (Å²) in [5.74, 6) is 0.643. The van der Waals surface area contributed by atoms with Gasteiger partial charge in [0, 0.05) is 5.56 Å². The Labute approximate surface area is 141 Å². The molecule has 0 amide bonds. The Morgan fingerprint density at radius 2 is 1.83 bits per heavy atom. The van der Waals surface area contributed by atoms with Crippen LogP contribution in [0.1, 0.15) is 41.8 Å². The van der Waals surface area contributed by atoms with E-state index in [1.54, 1.807) is 42.5 Å². The van der Waals surface area contributed by atoms with Crippen molar-refractivity contribution in [3.8, 4) is 17.2 Å². The number of hydrogen-bond acceptors (Lipinski definition) is 4. The van der Waals surface area contributed by atoms with E-state index < -0.39 is 0 Å². The maximum absolute atomic E-state index is 12.6. The lowest BCUT2D eigenvalue weighted by Crippen LogP contribution is -2.33. The molecule has 0 bridgehead atoms. The lowest BCUT2D eigenvalue weighted by Gasteiger charge is -2.33. The summed E-state index contributed by atoms with van der Waals surface area (Å²) in [5, 5.41) is 19.3. The molecule has 0 saturated carbocycles. The van der Waals surface area contributed by atoms with Crippen LogP contribution in [0, 0.1) is 0 Å². The Hall–Kier alpha value is -2.75. The van der Waals surface area contributed by atoms with Crippen LogP contribution in [0.2, 0.25) is 0 Å². The second kappa shape index (κ2) is 6.04. The molecule has 1 heterocycles. The highest BCUT2D eigenvalue weighted by Crippen LogP contribution is 2.40. The van der Waals surface area contributed by atoms with E-state index >= 15 is 0 Å². The monoisotopic (exact) mass is 324 g/mol. The number of ketones is 1. The van der Waals surface area contributed by atoms with Crippen molar-refractivity contribution in [2.75, 3.05) is 0 Å². The van der Waals surface area contributed by atoms with Gasteiger partial charge in [0.15, 0.2) is 5.78 Å². The summed E-state index contributed by atoms with van der Waals surface area (Å²) < 4.78 is 5.97. The molecule has 2 aromatic rings. The molecule has 0 aromatic heterocycles. The van der Waals surface area contributed by atoms with E-state index in [9.17, 15) is 15.0 Å². The fourth-order valence-corrected chi connectivity index (χ4v) is 2.77. The summed E-state index contributed by atoms with van der Waals surface area (Å²) in [6.45, 7) is 3.95. The van der Waals surface area contributed by atoms with Gasteiger partial charge in [0.05, 0.1) is 5.56 Å². The molecule has 0 atom stereocenters. The molecule has 124 valence electrons. The van der Waals surface area contributed by atoms with Crippen molar-refractivity contribution in [3.05, 3.63) is 59.2 Å². The maximum Gasteiger partial charge on any atom is 0.189 e. The summed E-state index contributed by atoms with van der Waals surface area (Å²) in [7, 11) is 0. The Morgan fingerprint density at radius 3 is 2.54 bits per heavy atom. The molecule has 0 aliphatic carbocycles. The molecular formula is C20H20O4. The first-order valence-electron chi connectivity index (χ1n) is 7.91. The average molecular weight is 324 g/mol. The van der Waals surface area contributed by atoms with E-state index in [0.717, 1.165) is 12.0 Å². The van der Waals surface area contributed by atoms with Crippen molar-refractivity contribution in [2.24, 2.45) is 0 Å². The Balaban J connectivity index is 1.92. The van der Waals surface area contributed by atoms with E-state index in [-0.39, 0.29) is 22.9 Å². The molecule has 4 nitrogen and oxygen atoms in total. The summed E-state index contributed by atoms with van der Waals surface area (Å²) in [5.41, 5.74) is 1.59. The summed E-state index contributed by atoms with van der Waals surface area (Å²) in [6, 6.07) is 9.73. The Kier molecular flexibility index (Phi) is 4.06. The molecule has 0 saturated heterocycles. The Bertz CT molecular complexity index is 801. The zero-order valence-electron chi connectivity index (χ0n) is 13.7. The quantitative estimate of drug-likeness (QED) is 0.659. The maximum atomic E-state index is 12.6. The summed E-state index contributed by atoms with van der Waals surface area (Å²) in [4.78, 5) is 12.6. The third-order valence-corrected chi connectivity index (χ3v) is 4.18. The van der Waals surface area contributed by atoms with E-state index in [4.69, 9.17) is 4.74 Å². The van der Waals surface area contributed by atoms with Crippen LogP contribution in [0.5, 0.6) is 17.2 Å². The molecule has 3 rings (SSSR count). The zero-order valence-corrected chi connectivity index (χ0v) is 13.7. The molecule has 0 unspecified atom stereocenters. The molecule has 0 radical (unpaired) electrons. The number of phenolic OH excluding ortho intramolecular Hbond substituents is 2. The lowest BCUT2D eigenvalue weighted by atomic mass is 9.91. The predicted octanol–water partition coefficient (Wildman–Crippen LogP) is 4.10. The minimum absolute atomic E-state index is 0.166. The van der Waals surface area contributed by atoms with Crippen LogP contribution in [0.3, 0.4) is 0 Å². The molecule has 1 aliphatic heterocycles. The Morgan fingerprint density at radius 1 is 1.12 bits per heavy atom. The van der Waals surface area contributed by atoms with Gasteiger partial charge in [0.2, 0.25) is 0 Å². The van der Waals surface area contributed by atoms with Gasteiger partial charge in [-0.25, -0.2) is 0 Å². The SMILES string of the molecule is CC1(C)CCc2c(O)ccc(C(=O)/C=C/c3ccc(O)cc3)c2O1. The van der Waals surface area contributed by atoms with Gasteiger partial charge >= 0.3 is 0 Å². The van der Waals surface area contributed by atoms with Gasteiger partial charge in [0.1, 0.15) is 22.8 Å².